The van der Waals surface area contributed by atoms with Crippen molar-refractivity contribution in [1.29, 1.82) is 0 Å². The Hall–Kier alpha value is -3.04. The summed E-state index contributed by atoms with van der Waals surface area (Å²) >= 11 is 14.8. The highest BCUT2D eigenvalue weighted by Gasteiger charge is 2.17. The number of amides is 2. The predicted octanol–water partition coefficient (Wildman–Crippen LogP) is 7.25. The number of thiazole rings is 1. The smallest absolute Gasteiger partial charge is 0.262 e. The van der Waals surface area contributed by atoms with Crippen molar-refractivity contribution in [3.8, 4) is 17.0 Å². The molecule has 0 aliphatic rings. The highest BCUT2D eigenvalue weighted by Crippen LogP contribution is 2.31. The first-order valence-corrected chi connectivity index (χ1v) is 13.3. The van der Waals surface area contributed by atoms with Gasteiger partial charge >= 0.3 is 0 Å². The van der Waals surface area contributed by atoms with Gasteiger partial charge in [-0.05, 0) is 49.4 Å². The zero-order chi connectivity index (χ0) is 25.5. The molecule has 0 saturated heterocycles. The quantitative estimate of drug-likeness (QED) is 0.212. The van der Waals surface area contributed by atoms with Gasteiger partial charge in [0.2, 0.25) is 5.91 Å². The van der Waals surface area contributed by atoms with Gasteiger partial charge in [-0.25, -0.2) is 4.98 Å². The Bertz CT molecular complexity index is 1370. The second-order valence-corrected chi connectivity index (χ2v) is 10.7. The molecule has 2 N–H and O–H groups in total. The molecule has 1 unspecified atom stereocenters. The summed E-state index contributed by atoms with van der Waals surface area (Å²) in [5.41, 5.74) is 2.14. The molecule has 2 amide bonds. The van der Waals surface area contributed by atoms with E-state index in [0.717, 1.165) is 10.5 Å². The maximum absolute atomic E-state index is 12.8. The standard InChI is InChI=1S/C26H21Cl2N3O3S2/c1-16(25(33)31-26-30-23(15-35-26)17-10-11-21(27)22(28)12-17)36-20-9-5-6-18(13-20)29-24(32)14-34-19-7-3-2-4-8-19/h2-13,15-16H,14H2,1H3,(H,29,32)(H,30,31,33). The fourth-order valence-corrected chi connectivity index (χ4v) is 5.04. The summed E-state index contributed by atoms with van der Waals surface area (Å²) in [6.45, 7) is 1.71. The number of rotatable bonds is 9. The molecule has 36 heavy (non-hydrogen) atoms. The van der Waals surface area contributed by atoms with Crippen molar-refractivity contribution >= 4 is 68.9 Å². The van der Waals surface area contributed by atoms with Crippen LogP contribution in [-0.2, 0) is 9.59 Å². The molecule has 10 heteroatoms. The van der Waals surface area contributed by atoms with Crippen LogP contribution in [0.3, 0.4) is 0 Å². The number of nitrogens with zero attached hydrogens (tertiary/aromatic N) is 1. The minimum absolute atomic E-state index is 0.0990. The molecule has 0 radical (unpaired) electrons. The number of hydrogen-bond acceptors (Lipinski definition) is 6. The van der Waals surface area contributed by atoms with E-state index >= 15 is 0 Å². The van der Waals surface area contributed by atoms with E-state index < -0.39 is 5.25 Å². The number of thioether (sulfide) groups is 1. The average Bonchev–Trinajstić information content (AvgIpc) is 3.33. The SMILES string of the molecule is CC(Sc1cccc(NC(=O)COc2ccccc2)c1)C(=O)Nc1nc(-c2ccc(Cl)c(Cl)c2)cs1. The average molecular weight is 559 g/mol. The Balaban J connectivity index is 1.30. The maximum Gasteiger partial charge on any atom is 0.262 e. The van der Waals surface area contributed by atoms with Crippen molar-refractivity contribution < 1.29 is 14.3 Å². The van der Waals surface area contributed by atoms with Gasteiger partial charge in [-0.3, -0.25) is 9.59 Å². The molecule has 0 spiro atoms. The van der Waals surface area contributed by atoms with E-state index in [2.05, 4.69) is 15.6 Å². The van der Waals surface area contributed by atoms with E-state index in [1.54, 1.807) is 30.3 Å². The van der Waals surface area contributed by atoms with Crippen LogP contribution in [0.4, 0.5) is 10.8 Å². The molecule has 6 nitrogen and oxygen atoms in total. The van der Waals surface area contributed by atoms with Gasteiger partial charge in [0.25, 0.3) is 5.91 Å². The van der Waals surface area contributed by atoms with E-state index in [9.17, 15) is 9.59 Å². The lowest BCUT2D eigenvalue weighted by Gasteiger charge is -2.12. The molecule has 4 rings (SSSR count). The summed E-state index contributed by atoms with van der Waals surface area (Å²) in [6.07, 6.45) is 0. The van der Waals surface area contributed by atoms with Crippen molar-refractivity contribution in [2.24, 2.45) is 0 Å². The summed E-state index contributed by atoms with van der Waals surface area (Å²) in [4.78, 5) is 30.3. The number of benzene rings is 3. The van der Waals surface area contributed by atoms with Crippen molar-refractivity contribution in [1.82, 2.24) is 4.98 Å². The number of halogens is 2. The van der Waals surface area contributed by atoms with Gasteiger partial charge in [-0.1, -0.05) is 53.5 Å². The Kier molecular flexibility index (Phi) is 8.88. The third-order valence-corrected chi connectivity index (χ3v) is 7.45. The maximum atomic E-state index is 12.8. The lowest BCUT2D eigenvalue weighted by atomic mass is 10.2. The zero-order valence-electron chi connectivity index (χ0n) is 19.0. The predicted molar refractivity (Wildman–Crippen MR) is 149 cm³/mol. The molecule has 1 atom stereocenters. The Morgan fingerprint density at radius 3 is 2.58 bits per heavy atom. The van der Waals surface area contributed by atoms with Crippen molar-refractivity contribution in [3.63, 3.8) is 0 Å². The topological polar surface area (TPSA) is 80.3 Å². The molecule has 0 fully saturated rings. The summed E-state index contributed by atoms with van der Waals surface area (Å²) in [7, 11) is 0. The summed E-state index contributed by atoms with van der Waals surface area (Å²) < 4.78 is 5.48. The summed E-state index contributed by atoms with van der Waals surface area (Å²) in [5.74, 6) is 0.176. The number of carbonyl (C=O) groups excluding carboxylic acids is 2. The molecule has 4 aromatic rings. The van der Waals surface area contributed by atoms with Gasteiger partial charge in [-0.15, -0.1) is 23.1 Å². The monoisotopic (exact) mass is 557 g/mol. The molecular formula is C26H21Cl2N3O3S2. The molecule has 3 aromatic carbocycles. The third kappa shape index (κ3) is 7.24. The molecule has 0 saturated carbocycles. The number of para-hydroxylation sites is 1. The van der Waals surface area contributed by atoms with Gasteiger partial charge in [0.1, 0.15) is 5.75 Å². The number of hydrogen-bond donors (Lipinski definition) is 2. The minimum Gasteiger partial charge on any atom is -0.484 e. The van der Waals surface area contributed by atoms with E-state index in [1.807, 2.05) is 54.8 Å². The van der Waals surface area contributed by atoms with E-state index in [-0.39, 0.29) is 18.4 Å². The van der Waals surface area contributed by atoms with Gasteiger partial charge in [0.15, 0.2) is 11.7 Å². The van der Waals surface area contributed by atoms with Crippen LogP contribution in [0.1, 0.15) is 6.92 Å². The minimum atomic E-state index is -0.394. The molecule has 184 valence electrons. The lowest BCUT2D eigenvalue weighted by Crippen LogP contribution is -2.22. The van der Waals surface area contributed by atoms with E-state index in [0.29, 0.717) is 32.3 Å². The highest BCUT2D eigenvalue weighted by molar-refractivity contribution is 8.00. The first-order chi connectivity index (χ1) is 17.4. The van der Waals surface area contributed by atoms with Crippen LogP contribution < -0.4 is 15.4 Å². The molecule has 1 heterocycles. The highest BCUT2D eigenvalue weighted by atomic mass is 35.5. The van der Waals surface area contributed by atoms with Crippen molar-refractivity contribution in [3.05, 3.63) is 88.2 Å². The van der Waals surface area contributed by atoms with Crippen LogP contribution in [-0.4, -0.2) is 28.7 Å². The van der Waals surface area contributed by atoms with Gasteiger partial charge in [0.05, 0.1) is 21.0 Å². The van der Waals surface area contributed by atoms with Gasteiger partial charge < -0.3 is 15.4 Å². The Morgan fingerprint density at radius 1 is 1.00 bits per heavy atom. The number of ether oxygens (including phenoxy) is 1. The van der Waals surface area contributed by atoms with Gasteiger partial charge in [-0.2, -0.15) is 0 Å². The van der Waals surface area contributed by atoms with Crippen LogP contribution in [0.2, 0.25) is 10.0 Å². The third-order valence-electron chi connectivity index (χ3n) is 4.86. The first kappa shape index (κ1) is 26.0. The van der Waals surface area contributed by atoms with Crippen LogP contribution in [0.25, 0.3) is 11.3 Å². The van der Waals surface area contributed by atoms with Crippen molar-refractivity contribution in [2.45, 2.75) is 17.1 Å². The number of carbonyl (C=O) groups is 2. The van der Waals surface area contributed by atoms with Crippen LogP contribution in [0.15, 0.2) is 83.1 Å². The molecule has 0 aliphatic heterocycles. The van der Waals surface area contributed by atoms with Gasteiger partial charge in [0, 0.05) is 21.5 Å². The van der Waals surface area contributed by atoms with E-state index in [1.165, 1.54) is 23.1 Å². The molecule has 0 aliphatic carbocycles. The second-order valence-electron chi connectivity index (χ2n) is 7.59. The Labute approximate surface area is 227 Å². The van der Waals surface area contributed by atoms with Crippen molar-refractivity contribution in [2.75, 3.05) is 17.2 Å². The van der Waals surface area contributed by atoms with E-state index in [4.69, 9.17) is 27.9 Å². The number of anilines is 2. The molecule has 1 aromatic heterocycles. The molecular weight excluding hydrogens is 537 g/mol. The van der Waals surface area contributed by atoms with Crippen LogP contribution in [0.5, 0.6) is 5.75 Å². The second kappa shape index (κ2) is 12.3. The van der Waals surface area contributed by atoms with Crippen LogP contribution >= 0.6 is 46.3 Å². The fraction of sp³-hybridized carbons (Fsp3) is 0.115. The normalized spacial score (nSPS) is 11.5. The summed E-state index contributed by atoms with van der Waals surface area (Å²) in [6, 6.07) is 21.7. The lowest BCUT2D eigenvalue weighted by molar-refractivity contribution is -0.118. The number of aromatic nitrogens is 1. The fourth-order valence-electron chi connectivity index (χ4n) is 3.09. The number of nitrogens with one attached hydrogen (secondary N) is 2. The zero-order valence-corrected chi connectivity index (χ0v) is 22.2. The summed E-state index contributed by atoms with van der Waals surface area (Å²) in [5, 5.41) is 8.54. The molecule has 0 bridgehead atoms. The Morgan fingerprint density at radius 2 is 1.81 bits per heavy atom. The first-order valence-electron chi connectivity index (χ1n) is 10.8. The van der Waals surface area contributed by atoms with Crippen LogP contribution in [0, 0.1) is 0 Å². The largest absolute Gasteiger partial charge is 0.484 e.